The Morgan fingerprint density at radius 2 is 1.87 bits per heavy atom. The van der Waals surface area contributed by atoms with Crippen LogP contribution in [0.25, 0.3) is 0 Å². The Bertz CT molecular complexity index is 362. The molecule has 4 nitrogen and oxygen atoms in total. The predicted octanol–water partition coefficient (Wildman–Crippen LogP) is 0.573. The van der Waals surface area contributed by atoms with Crippen molar-refractivity contribution in [3.05, 3.63) is 22.7 Å². The number of halogens is 1. The highest BCUT2D eigenvalue weighted by atomic mass is 79.9. The molecule has 1 aromatic rings. The highest BCUT2D eigenvalue weighted by Gasteiger charge is 2.30. The fourth-order valence-electron chi connectivity index (χ4n) is 1.76. The molecule has 1 aliphatic heterocycles. The normalized spacial score (nSPS) is 25.9. The number of nitrogens with zero attached hydrogens (tertiary/aromatic N) is 1. The summed E-state index contributed by atoms with van der Waals surface area (Å²) in [5.74, 6) is 0. The van der Waals surface area contributed by atoms with E-state index in [1.807, 2.05) is 17.0 Å². The second-order valence-corrected chi connectivity index (χ2v) is 4.66. The SMILES string of the molecule is Nc1ccc(Br)cc1N1CC(O)C(O)C1. The van der Waals surface area contributed by atoms with Crippen LogP contribution in [0.1, 0.15) is 0 Å². The van der Waals surface area contributed by atoms with Crippen molar-refractivity contribution < 1.29 is 10.2 Å². The zero-order chi connectivity index (χ0) is 11.0. The van der Waals surface area contributed by atoms with Crippen molar-refractivity contribution in [3.8, 4) is 0 Å². The summed E-state index contributed by atoms with van der Waals surface area (Å²) in [5.41, 5.74) is 7.33. The summed E-state index contributed by atoms with van der Waals surface area (Å²) in [5, 5.41) is 18.9. The van der Waals surface area contributed by atoms with Crippen molar-refractivity contribution in [2.24, 2.45) is 0 Å². The second-order valence-electron chi connectivity index (χ2n) is 3.74. The van der Waals surface area contributed by atoms with Gasteiger partial charge in [0.1, 0.15) is 0 Å². The Balaban J connectivity index is 2.27. The van der Waals surface area contributed by atoms with Gasteiger partial charge in [0.25, 0.3) is 0 Å². The molecule has 0 aliphatic carbocycles. The number of aliphatic hydroxyl groups is 2. The summed E-state index contributed by atoms with van der Waals surface area (Å²) in [6.45, 7) is 0.837. The number of anilines is 2. The first-order chi connectivity index (χ1) is 7.08. The Morgan fingerprint density at radius 3 is 2.47 bits per heavy atom. The minimum absolute atomic E-state index is 0.418. The van der Waals surface area contributed by atoms with E-state index in [4.69, 9.17) is 5.73 Å². The van der Waals surface area contributed by atoms with Crippen LogP contribution in [0, 0.1) is 0 Å². The van der Waals surface area contributed by atoms with Gasteiger partial charge in [-0.2, -0.15) is 0 Å². The summed E-state index contributed by atoms with van der Waals surface area (Å²) in [4.78, 5) is 1.88. The van der Waals surface area contributed by atoms with Gasteiger partial charge >= 0.3 is 0 Å². The first-order valence-corrected chi connectivity index (χ1v) is 5.53. The first kappa shape index (κ1) is 10.7. The van der Waals surface area contributed by atoms with Crippen LogP contribution in [0.2, 0.25) is 0 Å². The van der Waals surface area contributed by atoms with Crippen LogP contribution in [-0.4, -0.2) is 35.5 Å². The maximum absolute atomic E-state index is 9.45. The number of rotatable bonds is 1. The number of β-amino-alcohol motifs (C(OH)–C–C–N with tert-alkyl or cyclic N) is 2. The van der Waals surface area contributed by atoms with Gasteiger partial charge in [-0.15, -0.1) is 0 Å². The minimum atomic E-state index is -0.691. The molecule has 1 aromatic carbocycles. The van der Waals surface area contributed by atoms with E-state index in [1.165, 1.54) is 0 Å². The number of benzene rings is 1. The molecule has 0 spiro atoms. The molecule has 0 aromatic heterocycles. The first-order valence-electron chi connectivity index (χ1n) is 4.74. The van der Waals surface area contributed by atoms with Crippen molar-refractivity contribution in [2.45, 2.75) is 12.2 Å². The molecule has 2 unspecified atom stereocenters. The van der Waals surface area contributed by atoms with E-state index in [0.29, 0.717) is 18.8 Å². The van der Waals surface area contributed by atoms with Gasteiger partial charge in [0.15, 0.2) is 0 Å². The van der Waals surface area contributed by atoms with E-state index in [9.17, 15) is 10.2 Å². The van der Waals surface area contributed by atoms with Gasteiger partial charge in [0.2, 0.25) is 0 Å². The Hall–Kier alpha value is -0.780. The molecule has 2 atom stereocenters. The summed E-state index contributed by atoms with van der Waals surface area (Å²) in [6.07, 6.45) is -1.38. The molecule has 0 amide bonds. The van der Waals surface area contributed by atoms with Crippen LogP contribution in [0.3, 0.4) is 0 Å². The molecule has 4 N–H and O–H groups in total. The van der Waals surface area contributed by atoms with Gasteiger partial charge < -0.3 is 20.8 Å². The van der Waals surface area contributed by atoms with Gasteiger partial charge in [-0.1, -0.05) is 15.9 Å². The smallest absolute Gasteiger partial charge is 0.0990 e. The number of nitrogens with two attached hydrogens (primary N) is 1. The van der Waals surface area contributed by atoms with Crippen molar-refractivity contribution in [3.63, 3.8) is 0 Å². The van der Waals surface area contributed by atoms with Crippen LogP contribution < -0.4 is 10.6 Å². The fourth-order valence-corrected chi connectivity index (χ4v) is 2.11. The molecule has 0 saturated carbocycles. The topological polar surface area (TPSA) is 69.7 Å². The fraction of sp³-hybridized carbons (Fsp3) is 0.400. The molecule has 82 valence electrons. The van der Waals surface area contributed by atoms with Gasteiger partial charge in [-0.3, -0.25) is 0 Å². The Kier molecular flexibility index (Phi) is 2.86. The van der Waals surface area contributed by atoms with Crippen LogP contribution in [0.15, 0.2) is 22.7 Å². The maximum atomic E-state index is 9.45. The van der Waals surface area contributed by atoms with Crippen LogP contribution in [0.5, 0.6) is 0 Å². The molecule has 1 heterocycles. The van der Waals surface area contributed by atoms with E-state index < -0.39 is 12.2 Å². The molecule has 0 bridgehead atoms. The maximum Gasteiger partial charge on any atom is 0.0990 e. The number of nitrogen functional groups attached to an aromatic ring is 1. The van der Waals surface area contributed by atoms with Gasteiger partial charge in [-0.25, -0.2) is 0 Å². The highest BCUT2D eigenvalue weighted by Crippen LogP contribution is 2.29. The zero-order valence-electron chi connectivity index (χ0n) is 8.10. The molecule has 1 aliphatic rings. The third-order valence-corrected chi connectivity index (χ3v) is 3.09. The van der Waals surface area contributed by atoms with Gasteiger partial charge in [-0.05, 0) is 18.2 Å². The third-order valence-electron chi connectivity index (χ3n) is 2.59. The lowest BCUT2D eigenvalue weighted by molar-refractivity contribution is 0.0572. The minimum Gasteiger partial charge on any atom is -0.397 e. The molecule has 1 saturated heterocycles. The molecular weight excluding hydrogens is 260 g/mol. The molecule has 2 rings (SSSR count). The quantitative estimate of drug-likeness (QED) is 0.654. The standard InChI is InChI=1S/C10H13BrN2O2/c11-6-1-2-7(12)8(3-6)13-4-9(14)10(15)5-13/h1-3,9-10,14-15H,4-5,12H2. The lowest BCUT2D eigenvalue weighted by atomic mass is 10.2. The molecule has 15 heavy (non-hydrogen) atoms. The third kappa shape index (κ3) is 2.09. The van der Waals surface area contributed by atoms with Crippen LogP contribution in [-0.2, 0) is 0 Å². The zero-order valence-corrected chi connectivity index (χ0v) is 9.68. The molecule has 5 heteroatoms. The van der Waals surface area contributed by atoms with Crippen LogP contribution in [0.4, 0.5) is 11.4 Å². The van der Waals surface area contributed by atoms with E-state index in [-0.39, 0.29) is 0 Å². The second kappa shape index (κ2) is 4.00. The lowest BCUT2D eigenvalue weighted by Gasteiger charge is -2.19. The van der Waals surface area contributed by atoms with E-state index in [2.05, 4.69) is 15.9 Å². The number of aliphatic hydroxyl groups excluding tert-OH is 2. The van der Waals surface area contributed by atoms with Crippen LogP contribution >= 0.6 is 15.9 Å². The predicted molar refractivity (Wildman–Crippen MR) is 62.8 cm³/mol. The van der Waals surface area contributed by atoms with E-state index in [0.717, 1.165) is 10.2 Å². The molecular formula is C10H13BrN2O2. The van der Waals surface area contributed by atoms with Crippen molar-refractivity contribution in [2.75, 3.05) is 23.7 Å². The largest absolute Gasteiger partial charge is 0.397 e. The average molecular weight is 273 g/mol. The molecule has 0 radical (unpaired) electrons. The van der Waals surface area contributed by atoms with Crippen molar-refractivity contribution >= 4 is 27.3 Å². The van der Waals surface area contributed by atoms with E-state index >= 15 is 0 Å². The van der Waals surface area contributed by atoms with Gasteiger partial charge in [0.05, 0.1) is 23.6 Å². The van der Waals surface area contributed by atoms with Gasteiger partial charge in [0, 0.05) is 17.6 Å². The van der Waals surface area contributed by atoms with Crippen molar-refractivity contribution in [1.29, 1.82) is 0 Å². The average Bonchev–Trinajstić information content (AvgIpc) is 2.51. The van der Waals surface area contributed by atoms with Crippen molar-refractivity contribution in [1.82, 2.24) is 0 Å². The Labute approximate surface area is 96.4 Å². The lowest BCUT2D eigenvalue weighted by Crippen LogP contribution is -2.22. The monoisotopic (exact) mass is 272 g/mol. The summed E-state index contributed by atoms with van der Waals surface area (Å²) < 4.78 is 0.933. The summed E-state index contributed by atoms with van der Waals surface area (Å²) in [7, 11) is 0. The Morgan fingerprint density at radius 1 is 1.27 bits per heavy atom. The summed E-state index contributed by atoms with van der Waals surface area (Å²) >= 11 is 3.37. The summed E-state index contributed by atoms with van der Waals surface area (Å²) in [6, 6.07) is 5.55. The number of hydrogen-bond donors (Lipinski definition) is 3. The number of hydrogen-bond acceptors (Lipinski definition) is 4. The highest BCUT2D eigenvalue weighted by molar-refractivity contribution is 9.10. The van der Waals surface area contributed by atoms with E-state index in [1.54, 1.807) is 6.07 Å². The molecule has 1 fully saturated rings.